The minimum atomic E-state index is -0.447. The molecule has 0 aliphatic heterocycles. The zero-order valence-corrected chi connectivity index (χ0v) is 12.1. The average molecular weight is 297 g/mol. The second kappa shape index (κ2) is 5.16. The van der Waals surface area contributed by atoms with E-state index < -0.39 is 4.92 Å². The Labute approximate surface area is 122 Å². The van der Waals surface area contributed by atoms with E-state index >= 15 is 0 Å². The quantitative estimate of drug-likeness (QED) is 0.495. The summed E-state index contributed by atoms with van der Waals surface area (Å²) in [4.78, 5) is 18.5. The number of nitrogens with one attached hydrogen (secondary N) is 1. The number of anilines is 1. The molecule has 0 spiro atoms. The van der Waals surface area contributed by atoms with Crippen molar-refractivity contribution in [2.75, 3.05) is 11.9 Å². The first-order chi connectivity index (χ1) is 9.56. The Hall–Kier alpha value is -1.43. The zero-order chi connectivity index (χ0) is 14.3. The van der Waals surface area contributed by atoms with Gasteiger partial charge in [0.2, 0.25) is 11.1 Å². The summed E-state index contributed by atoms with van der Waals surface area (Å²) in [6.07, 6.45) is 5.14. The minimum Gasteiger partial charge on any atom is -0.364 e. The van der Waals surface area contributed by atoms with E-state index in [2.05, 4.69) is 15.3 Å². The Kier molecular flexibility index (Phi) is 3.50. The average Bonchev–Trinajstić information content (AvgIpc) is 3.23. The molecule has 2 aliphatic carbocycles. The van der Waals surface area contributed by atoms with Crippen LogP contribution in [0.1, 0.15) is 31.4 Å². The van der Waals surface area contributed by atoms with Crippen LogP contribution < -0.4 is 5.32 Å². The lowest BCUT2D eigenvalue weighted by Crippen LogP contribution is -2.20. The highest BCUT2D eigenvalue weighted by atomic mass is 35.5. The van der Waals surface area contributed by atoms with E-state index in [-0.39, 0.29) is 16.8 Å². The van der Waals surface area contributed by atoms with Gasteiger partial charge in [0, 0.05) is 6.54 Å². The van der Waals surface area contributed by atoms with Gasteiger partial charge in [0.15, 0.2) is 0 Å². The van der Waals surface area contributed by atoms with Gasteiger partial charge in [-0.25, -0.2) is 4.98 Å². The van der Waals surface area contributed by atoms with Crippen LogP contribution >= 0.6 is 11.6 Å². The van der Waals surface area contributed by atoms with Gasteiger partial charge in [-0.1, -0.05) is 0 Å². The highest BCUT2D eigenvalue weighted by Crippen LogP contribution is 2.49. The molecule has 0 saturated heterocycles. The molecule has 0 unspecified atom stereocenters. The van der Waals surface area contributed by atoms with Crippen molar-refractivity contribution in [3.63, 3.8) is 0 Å². The fraction of sp³-hybridized carbons (Fsp3) is 0.692. The largest absolute Gasteiger partial charge is 0.364 e. The van der Waals surface area contributed by atoms with Crippen LogP contribution in [0.25, 0.3) is 0 Å². The van der Waals surface area contributed by atoms with Crippen molar-refractivity contribution >= 4 is 23.1 Å². The third-order valence-electron chi connectivity index (χ3n) is 4.17. The number of halogens is 1. The van der Waals surface area contributed by atoms with E-state index in [0.717, 1.165) is 18.4 Å². The van der Waals surface area contributed by atoms with E-state index in [1.807, 2.05) is 0 Å². The second-order valence-corrected chi connectivity index (χ2v) is 6.09. The summed E-state index contributed by atoms with van der Waals surface area (Å²) in [5, 5.41) is 14.3. The van der Waals surface area contributed by atoms with E-state index in [1.165, 1.54) is 25.7 Å². The molecule has 1 aromatic rings. The lowest BCUT2D eigenvalue weighted by atomic mass is 9.98. The van der Waals surface area contributed by atoms with Gasteiger partial charge in [-0.05, 0) is 62.0 Å². The first kappa shape index (κ1) is 13.5. The lowest BCUT2D eigenvalue weighted by molar-refractivity contribution is -0.385. The van der Waals surface area contributed by atoms with Crippen molar-refractivity contribution in [2.24, 2.45) is 17.8 Å². The molecule has 1 aromatic heterocycles. The fourth-order valence-corrected chi connectivity index (χ4v) is 3.07. The van der Waals surface area contributed by atoms with Crippen LogP contribution in [0.4, 0.5) is 11.5 Å². The maximum atomic E-state index is 11.1. The molecule has 7 heteroatoms. The van der Waals surface area contributed by atoms with Gasteiger partial charge >= 0.3 is 5.69 Å². The molecule has 2 aliphatic rings. The molecule has 20 heavy (non-hydrogen) atoms. The molecule has 0 atom stereocenters. The molecule has 2 saturated carbocycles. The number of aryl methyl sites for hydroxylation is 1. The highest BCUT2D eigenvalue weighted by molar-refractivity contribution is 6.28. The van der Waals surface area contributed by atoms with E-state index in [9.17, 15) is 10.1 Å². The van der Waals surface area contributed by atoms with Gasteiger partial charge in [-0.2, -0.15) is 4.98 Å². The molecule has 108 valence electrons. The van der Waals surface area contributed by atoms with Crippen LogP contribution in [0, 0.1) is 34.8 Å². The molecule has 1 heterocycles. The van der Waals surface area contributed by atoms with Crippen LogP contribution in [0.2, 0.25) is 5.28 Å². The third kappa shape index (κ3) is 2.85. The van der Waals surface area contributed by atoms with Crippen molar-refractivity contribution in [1.29, 1.82) is 0 Å². The Balaban J connectivity index is 1.77. The standard InChI is InChI=1S/C13H17ClN4O2/c1-7-11(18(19)20)12(17-13(14)16-7)15-6-10(8-2-3-8)9-4-5-9/h8-10H,2-6H2,1H3,(H,15,16,17). The predicted octanol–water partition coefficient (Wildman–Crippen LogP) is 3.19. The number of aromatic nitrogens is 2. The predicted molar refractivity (Wildman–Crippen MR) is 75.9 cm³/mol. The topological polar surface area (TPSA) is 81.0 Å². The Morgan fingerprint density at radius 3 is 2.45 bits per heavy atom. The van der Waals surface area contributed by atoms with Crippen molar-refractivity contribution in [2.45, 2.75) is 32.6 Å². The Morgan fingerprint density at radius 2 is 1.95 bits per heavy atom. The smallest absolute Gasteiger partial charge is 0.332 e. The number of rotatable bonds is 6. The van der Waals surface area contributed by atoms with Crippen molar-refractivity contribution < 1.29 is 4.92 Å². The summed E-state index contributed by atoms with van der Waals surface area (Å²) >= 11 is 5.81. The lowest BCUT2D eigenvalue weighted by Gasteiger charge is -2.16. The molecule has 3 rings (SSSR count). The summed E-state index contributed by atoms with van der Waals surface area (Å²) in [5.74, 6) is 2.43. The monoisotopic (exact) mass is 296 g/mol. The fourth-order valence-electron chi connectivity index (χ4n) is 2.86. The zero-order valence-electron chi connectivity index (χ0n) is 11.3. The highest BCUT2D eigenvalue weighted by Gasteiger charge is 2.41. The summed E-state index contributed by atoms with van der Waals surface area (Å²) < 4.78 is 0. The van der Waals surface area contributed by atoms with Crippen LogP contribution in [0.15, 0.2) is 0 Å². The van der Waals surface area contributed by atoms with Crippen LogP contribution in [-0.4, -0.2) is 21.4 Å². The van der Waals surface area contributed by atoms with Crippen LogP contribution in [-0.2, 0) is 0 Å². The first-order valence-corrected chi connectivity index (χ1v) is 7.36. The second-order valence-electron chi connectivity index (χ2n) is 5.75. The number of hydrogen-bond donors (Lipinski definition) is 1. The molecule has 1 N–H and O–H groups in total. The molecule has 0 bridgehead atoms. The van der Waals surface area contributed by atoms with Gasteiger partial charge in [-0.3, -0.25) is 10.1 Å². The van der Waals surface area contributed by atoms with Gasteiger partial charge in [0.05, 0.1) is 4.92 Å². The van der Waals surface area contributed by atoms with Crippen molar-refractivity contribution in [3.8, 4) is 0 Å². The number of nitro groups is 1. The third-order valence-corrected chi connectivity index (χ3v) is 4.34. The van der Waals surface area contributed by atoms with Gasteiger partial charge in [-0.15, -0.1) is 0 Å². The van der Waals surface area contributed by atoms with E-state index in [1.54, 1.807) is 6.92 Å². The van der Waals surface area contributed by atoms with Crippen LogP contribution in [0.5, 0.6) is 0 Å². The molecule has 0 aromatic carbocycles. The summed E-state index contributed by atoms with van der Waals surface area (Å²) in [6, 6.07) is 0. The summed E-state index contributed by atoms with van der Waals surface area (Å²) in [7, 11) is 0. The maximum absolute atomic E-state index is 11.1. The first-order valence-electron chi connectivity index (χ1n) is 6.98. The molecule has 0 amide bonds. The molecular formula is C13H17ClN4O2. The molecule has 0 radical (unpaired) electrons. The van der Waals surface area contributed by atoms with Crippen molar-refractivity contribution in [1.82, 2.24) is 9.97 Å². The molecule has 6 nitrogen and oxygen atoms in total. The van der Waals surface area contributed by atoms with E-state index in [4.69, 9.17) is 11.6 Å². The normalized spacial score (nSPS) is 18.4. The molecule has 2 fully saturated rings. The van der Waals surface area contributed by atoms with Gasteiger partial charge in [0.25, 0.3) is 0 Å². The van der Waals surface area contributed by atoms with Gasteiger partial charge < -0.3 is 5.32 Å². The van der Waals surface area contributed by atoms with E-state index in [0.29, 0.717) is 11.6 Å². The minimum absolute atomic E-state index is 0.0463. The Morgan fingerprint density at radius 1 is 1.35 bits per heavy atom. The molecular weight excluding hydrogens is 280 g/mol. The Bertz CT molecular complexity index is 531. The number of nitrogens with zero attached hydrogens (tertiary/aromatic N) is 3. The van der Waals surface area contributed by atoms with Gasteiger partial charge in [0.1, 0.15) is 5.69 Å². The number of hydrogen-bond acceptors (Lipinski definition) is 5. The van der Waals surface area contributed by atoms with Crippen molar-refractivity contribution in [3.05, 3.63) is 21.1 Å². The maximum Gasteiger partial charge on any atom is 0.332 e. The SMILES string of the molecule is Cc1nc(Cl)nc(NCC(C2CC2)C2CC2)c1[N+](=O)[O-]. The summed E-state index contributed by atoms with van der Waals surface area (Å²) in [5.41, 5.74) is 0.228. The summed E-state index contributed by atoms with van der Waals surface area (Å²) in [6.45, 7) is 2.32. The van der Waals surface area contributed by atoms with Crippen LogP contribution in [0.3, 0.4) is 0 Å².